The van der Waals surface area contributed by atoms with E-state index in [0.29, 0.717) is 10.6 Å². The molecule has 1 amide bonds. The number of carboxylic acids is 1. The van der Waals surface area contributed by atoms with Gasteiger partial charge in [-0.25, -0.2) is 9.59 Å². The maximum atomic E-state index is 12.1. The SMILES string of the molecule is COC(=O)c1c(NC(=O)C(C)=C(C)C(=O)O)sc(C)c1C. The molecule has 0 saturated carbocycles. The van der Waals surface area contributed by atoms with E-state index in [1.165, 1.54) is 32.3 Å². The van der Waals surface area contributed by atoms with Gasteiger partial charge in [-0.05, 0) is 33.3 Å². The third-order valence-electron chi connectivity index (χ3n) is 3.23. The monoisotopic (exact) mass is 311 g/mol. The lowest BCUT2D eigenvalue weighted by atomic mass is 10.1. The Morgan fingerprint density at radius 1 is 1.14 bits per heavy atom. The summed E-state index contributed by atoms with van der Waals surface area (Å²) in [6.45, 7) is 6.36. The second-order valence-electron chi connectivity index (χ2n) is 4.49. The van der Waals surface area contributed by atoms with Gasteiger partial charge in [-0.3, -0.25) is 4.79 Å². The highest BCUT2D eigenvalue weighted by Crippen LogP contribution is 2.33. The standard InChI is InChI=1S/C14H17NO5S/c1-6(7(2)13(17)18)11(16)15-12-10(14(19)20-5)8(3)9(4)21-12/h1-5H3,(H,15,16)(H,17,18). The third kappa shape index (κ3) is 3.49. The molecule has 1 rings (SSSR count). The molecular formula is C14H17NO5S. The van der Waals surface area contributed by atoms with Gasteiger partial charge in [-0.15, -0.1) is 11.3 Å². The Kier molecular flexibility index (Phi) is 5.26. The molecule has 1 aromatic heterocycles. The van der Waals surface area contributed by atoms with Crippen molar-refractivity contribution in [2.75, 3.05) is 12.4 Å². The van der Waals surface area contributed by atoms with Crippen molar-refractivity contribution in [3.63, 3.8) is 0 Å². The average Bonchev–Trinajstić information content (AvgIpc) is 2.71. The molecule has 21 heavy (non-hydrogen) atoms. The molecule has 6 nitrogen and oxygen atoms in total. The fourth-order valence-electron chi connectivity index (χ4n) is 1.59. The quantitative estimate of drug-likeness (QED) is 0.658. The van der Waals surface area contributed by atoms with E-state index in [0.717, 1.165) is 10.4 Å². The number of amides is 1. The van der Waals surface area contributed by atoms with E-state index in [2.05, 4.69) is 5.32 Å². The number of esters is 1. The van der Waals surface area contributed by atoms with Gasteiger partial charge in [0, 0.05) is 16.0 Å². The van der Waals surface area contributed by atoms with Crippen LogP contribution in [-0.4, -0.2) is 30.1 Å². The minimum Gasteiger partial charge on any atom is -0.478 e. The summed E-state index contributed by atoms with van der Waals surface area (Å²) >= 11 is 1.25. The highest BCUT2D eigenvalue weighted by molar-refractivity contribution is 7.16. The summed E-state index contributed by atoms with van der Waals surface area (Å²) in [6.07, 6.45) is 0. The molecule has 0 unspecified atom stereocenters. The van der Waals surface area contributed by atoms with Crippen LogP contribution >= 0.6 is 11.3 Å². The van der Waals surface area contributed by atoms with Gasteiger partial charge in [0.05, 0.1) is 12.7 Å². The fourth-order valence-corrected chi connectivity index (χ4v) is 2.63. The van der Waals surface area contributed by atoms with Crippen LogP contribution in [0.25, 0.3) is 0 Å². The number of carbonyl (C=O) groups excluding carboxylic acids is 2. The van der Waals surface area contributed by atoms with Crippen LogP contribution in [0.2, 0.25) is 0 Å². The van der Waals surface area contributed by atoms with E-state index in [-0.39, 0.29) is 11.1 Å². The Labute approximate surface area is 126 Å². The van der Waals surface area contributed by atoms with Crippen molar-refractivity contribution < 1.29 is 24.2 Å². The highest BCUT2D eigenvalue weighted by Gasteiger charge is 2.22. The molecule has 0 fully saturated rings. The van der Waals surface area contributed by atoms with Gasteiger partial charge in [0.15, 0.2) is 0 Å². The number of anilines is 1. The minimum absolute atomic E-state index is 0.0443. The van der Waals surface area contributed by atoms with Crippen molar-refractivity contribution in [3.8, 4) is 0 Å². The molecule has 1 aromatic rings. The predicted octanol–water partition coefficient (Wildman–Crippen LogP) is 2.51. The van der Waals surface area contributed by atoms with Crippen LogP contribution in [0.3, 0.4) is 0 Å². The second-order valence-corrected chi connectivity index (χ2v) is 5.71. The summed E-state index contributed by atoms with van der Waals surface area (Å²) in [4.78, 5) is 35.6. The number of ether oxygens (including phenoxy) is 1. The maximum Gasteiger partial charge on any atom is 0.341 e. The first-order valence-corrected chi connectivity index (χ1v) is 6.92. The Hall–Kier alpha value is -2.15. The highest BCUT2D eigenvalue weighted by atomic mass is 32.1. The van der Waals surface area contributed by atoms with Gasteiger partial charge in [-0.2, -0.15) is 0 Å². The van der Waals surface area contributed by atoms with Crippen LogP contribution in [0, 0.1) is 13.8 Å². The Balaban J connectivity index is 3.18. The molecule has 0 spiro atoms. The molecule has 0 aliphatic carbocycles. The largest absolute Gasteiger partial charge is 0.478 e. The lowest BCUT2D eigenvalue weighted by Crippen LogP contribution is -2.17. The number of hydrogen-bond acceptors (Lipinski definition) is 5. The molecule has 0 aliphatic heterocycles. The number of rotatable bonds is 4. The first-order chi connectivity index (χ1) is 9.70. The molecule has 114 valence electrons. The Bertz CT molecular complexity index is 642. The van der Waals surface area contributed by atoms with E-state index >= 15 is 0 Å². The molecule has 0 aromatic carbocycles. The zero-order chi connectivity index (χ0) is 16.3. The van der Waals surface area contributed by atoms with E-state index in [4.69, 9.17) is 9.84 Å². The number of carboxylic acid groups (broad SMARTS) is 1. The van der Waals surface area contributed by atoms with Crippen LogP contribution < -0.4 is 5.32 Å². The molecule has 0 atom stereocenters. The zero-order valence-corrected chi connectivity index (χ0v) is 13.3. The molecule has 0 saturated heterocycles. The normalized spacial score (nSPS) is 11.7. The number of aliphatic carboxylic acids is 1. The van der Waals surface area contributed by atoms with Crippen molar-refractivity contribution in [2.24, 2.45) is 0 Å². The zero-order valence-electron chi connectivity index (χ0n) is 12.5. The van der Waals surface area contributed by atoms with E-state index < -0.39 is 17.8 Å². The summed E-state index contributed by atoms with van der Waals surface area (Å²) in [5.74, 6) is -2.25. The number of nitrogens with one attached hydrogen (secondary N) is 1. The van der Waals surface area contributed by atoms with Gasteiger partial charge in [-0.1, -0.05) is 0 Å². The number of aryl methyl sites for hydroxylation is 1. The van der Waals surface area contributed by atoms with Crippen molar-refractivity contribution in [2.45, 2.75) is 27.7 Å². The number of thiophene rings is 1. The smallest absolute Gasteiger partial charge is 0.341 e. The average molecular weight is 311 g/mol. The summed E-state index contributed by atoms with van der Waals surface area (Å²) in [5, 5.41) is 11.8. The Morgan fingerprint density at radius 3 is 2.19 bits per heavy atom. The fraction of sp³-hybridized carbons (Fsp3) is 0.357. The van der Waals surface area contributed by atoms with Gasteiger partial charge in [0.25, 0.3) is 5.91 Å². The second kappa shape index (κ2) is 6.53. The summed E-state index contributed by atoms with van der Waals surface area (Å²) in [5.41, 5.74) is 1.08. The first kappa shape index (κ1) is 16.9. The van der Waals surface area contributed by atoms with Crippen LogP contribution in [0.4, 0.5) is 5.00 Å². The van der Waals surface area contributed by atoms with Gasteiger partial charge < -0.3 is 15.2 Å². The van der Waals surface area contributed by atoms with Crippen molar-refractivity contribution in [1.29, 1.82) is 0 Å². The maximum absolute atomic E-state index is 12.1. The molecule has 0 aliphatic rings. The lowest BCUT2D eigenvalue weighted by molar-refractivity contribution is -0.133. The lowest BCUT2D eigenvalue weighted by Gasteiger charge is -2.07. The first-order valence-electron chi connectivity index (χ1n) is 6.11. The molecule has 0 bridgehead atoms. The summed E-state index contributed by atoms with van der Waals surface area (Å²) in [6, 6.07) is 0. The summed E-state index contributed by atoms with van der Waals surface area (Å²) in [7, 11) is 1.26. The Morgan fingerprint density at radius 2 is 1.71 bits per heavy atom. The van der Waals surface area contributed by atoms with Crippen molar-refractivity contribution in [1.82, 2.24) is 0 Å². The van der Waals surface area contributed by atoms with Crippen molar-refractivity contribution in [3.05, 3.63) is 27.2 Å². The van der Waals surface area contributed by atoms with Crippen molar-refractivity contribution >= 4 is 34.2 Å². The summed E-state index contributed by atoms with van der Waals surface area (Å²) < 4.78 is 4.71. The van der Waals surface area contributed by atoms with Gasteiger partial charge in [0.2, 0.25) is 0 Å². The van der Waals surface area contributed by atoms with Gasteiger partial charge >= 0.3 is 11.9 Å². The number of hydrogen-bond donors (Lipinski definition) is 2. The number of methoxy groups -OCH3 is 1. The minimum atomic E-state index is -1.16. The van der Waals surface area contributed by atoms with E-state index in [1.54, 1.807) is 6.92 Å². The molecule has 0 radical (unpaired) electrons. The van der Waals surface area contributed by atoms with Gasteiger partial charge in [0.1, 0.15) is 5.00 Å². The van der Waals surface area contributed by atoms with E-state index in [1.807, 2.05) is 6.92 Å². The molecule has 1 heterocycles. The third-order valence-corrected chi connectivity index (χ3v) is 4.35. The van der Waals surface area contributed by atoms with Crippen LogP contribution in [0.15, 0.2) is 11.1 Å². The molecule has 7 heteroatoms. The number of carbonyl (C=O) groups is 3. The van der Waals surface area contributed by atoms with E-state index in [9.17, 15) is 14.4 Å². The van der Waals surface area contributed by atoms with Crippen LogP contribution in [-0.2, 0) is 14.3 Å². The predicted molar refractivity (Wildman–Crippen MR) is 79.8 cm³/mol. The molecule has 2 N–H and O–H groups in total. The van der Waals surface area contributed by atoms with Crippen LogP contribution in [0.5, 0.6) is 0 Å². The topological polar surface area (TPSA) is 92.7 Å². The van der Waals surface area contributed by atoms with Crippen LogP contribution in [0.1, 0.15) is 34.6 Å². The molecular weight excluding hydrogens is 294 g/mol.